The number of sulfonamides is 1. The lowest BCUT2D eigenvalue weighted by molar-refractivity contribution is 0.407. The Hall–Kier alpha value is -0.130. The summed E-state index contributed by atoms with van der Waals surface area (Å²) in [6, 6.07) is 0. The van der Waals surface area contributed by atoms with E-state index in [1.165, 1.54) is 0 Å². The van der Waals surface area contributed by atoms with Crippen LogP contribution in [-0.4, -0.2) is 44.7 Å². The Kier molecular flexibility index (Phi) is 4.34. The normalized spacial score (nSPS) is 26.9. The Labute approximate surface area is 86.7 Å². The summed E-state index contributed by atoms with van der Waals surface area (Å²) in [5.74, 6) is 0.604. The summed E-state index contributed by atoms with van der Waals surface area (Å²) < 4.78 is 24.7. The summed E-state index contributed by atoms with van der Waals surface area (Å²) in [5.41, 5.74) is 0. The van der Waals surface area contributed by atoms with E-state index in [-0.39, 0.29) is 5.92 Å². The van der Waals surface area contributed by atoms with Crippen molar-refractivity contribution >= 4 is 10.0 Å². The average molecular weight is 220 g/mol. The van der Waals surface area contributed by atoms with Crippen molar-refractivity contribution in [1.82, 2.24) is 9.62 Å². The standard InChI is InChI=1S/C9H20N2O2S/c1-3-4-10-5-6-11-7-9(2)8-14(11,12)13/h9-10H,3-8H2,1-2H3. The smallest absolute Gasteiger partial charge is 0.214 e. The van der Waals surface area contributed by atoms with Gasteiger partial charge >= 0.3 is 0 Å². The van der Waals surface area contributed by atoms with Crippen LogP contribution in [0, 0.1) is 5.92 Å². The van der Waals surface area contributed by atoms with Crippen LogP contribution in [0.15, 0.2) is 0 Å². The average Bonchev–Trinajstić information content (AvgIpc) is 2.33. The summed E-state index contributed by atoms with van der Waals surface area (Å²) >= 11 is 0. The Morgan fingerprint density at radius 3 is 2.64 bits per heavy atom. The first kappa shape index (κ1) is 11.9. The summed E-state index contributed by atoms with van der Waals surface area (Å²) in [6.07, 6.45) is 1.09. The molecule has 0 aromatic rings. The lowest BCUT2D eigenvalue weighted by Crippen LogP contribution is -2.33. The van der Waals surface area contributed by atoms with E-state index in [9.17, 15) is 8.42 Å². The highest BCUT2D eigenvalue weighted by Crippen LogP contribution is 2.17. The Morgan fingerprint density at radius 1 is 1.43 bits per heavy atom. The molecule has 0 aromatic carbocycles. The fourth-order valence-electron chi connectivity index (χ4n) is 1.71. The van der Waals surface area contributed by atoms with Gasteiger partial charge < -0.3 is 5.32 Å². The van der Waals surface area contributed by atoms with Crippen LogP contribution in [0.5, 0.6) is 0 Å². The van der Waals surface area contributed by atoms with Gasteiger partial charge in [0.25, 0.3) is 0 Å². The van der Waals surface area contributed by atoms with Gasteiger partial charge in [-0.3, -0.25) is 0 Å². The van der Waals surface area contributed by atoms with Crippen molar-refractivity contribution < 1.29 is 8.42 Å². The molecule has 1 fully saturated rings. The molecule has 1 N–H and O–H groups in total. The van der Waals surface area contributed by atoms with Gasteiger partial charge in [-0.2, -0.15) is 0 Å². The maximum atomic E-state index is 11.5. The second-order valence-corrected chi connectivity index (χ2v) is 6.01. The van der Waals surface area contributed by atoms with Crippen molar-refractivity contribution in [2.24, 2.45) is 5.92 Å². The molecular weight excluding hydrogens is 200 g/mol. The van der Waals surface area contributed by atoms with Crippen LogP contribution < -0.4 is 5.32 Å². The van der Waals surface area contributed by atoms with Gasteiger partial charge in [-0.05, 0) is 18.9 Å². The van der Waals surface area contributed by atoms with Crippen molar-refractivity contribution in [1.29, 1.82) is 0 Å². The Morgan fingerprint density at radius 2 is 2.14 bits per heavy atom. The van der Waals surface area contributed by atoms with E-state index in [1.807, 2.05) is 6.92 Å². The van der Waals surface area contributed by atoms with Gasteiger partial charge in [-0.1, -0.05) is 13.8 Å². The minimum Gasteiger partial charge on any atom is -0.315 e. The minimum absolute atomic E-state index is 0.283. The number of nitrogens with zero attached hydrogens (tertiary/aromatic N) is 1. The van der Waals surface area contributed by atoms with E-state index in [0.717, 1.165) is 19.5 Å². The molecule has 1 saturated heterocycles. The van der Waals surface area contributed by atoms with Gasteiger partial charge in [0.2, 0.25) is 10.0 Å². The molecule has 0 aliphatic carbocycles. The molecule has 1 aliphatic rings. The molecule has 14 heavy (non-hydrogen) atoms. The molecular formula is C9H20N2O2S. The maximum Gasteiger partial charge on any atom is 0.214 e. The number of rotatable bonds is 5. The molecule has 0 radical (unpaired) electrons. The molecule has 1 aliphatic heterocycles. The largest absolute Gasteiger partial charge is 0.315 e. The van der Waals surface area contributed by atoms with Crippen LogP contribution in [0.3, 0.4) is 0 Å². The van der Waals surface area contributed by atoms with Crippen molar-refractivity contribution in [3.8, 4) is 0 Å². The fourth-order valence-corrected chi connectivity index (χ4v) is 3.60. The third-order valence-electron chi connectivity index (χ3n) is 2.37. The second kappa shape index (κ2) is 5.09. The van der Waals surface area contributed by atoms with Crippen LogP contribution in [-0.2, 0) is 10.0 Å². The van der Waals surface area contributed by atoms with E-state index >= 15 is 0 Å². The van der Waals surface area contributed by atoms with Gasteiger partial charge in [0.05, 0.1) is 5.75 Å². The molecule has 1 unspecified atom stereocenters. The Balaban J connectivity index is 2.31. The van der Waals surface area contributed by atoms with Crippen LogP contribution in [0.2, 0.25) is 0 Å². The summed E-state index contributed by atoms with van der Waals surface area (Å²) in [4.78, 5) is 0. The SMILES string of the molecule is CCCNCCN1CC(C)CS1(=O)=O. The van der Waals surface area contributed by atoms with Crippen LogP contribution in [0.25, 0.3) is 0 Å². The monoisotopic (exact) mass is 220 g/mol. The van der Waals surface area contributed by atoms with Gasteiger partial charge in [-0.15, -0.1) is 0 Å². The molecule has 0 saturated carbocycles. The fraction of sp³-hybridized carbons (Fsp3) is 1.00. The topological polar surface area (TPSA) is 49.4 Å². The van der Waals surface area contributed by atoms with Crippen LogP contribution in [0.4, 0.5) is 0 Å². The maximum absolute atomic E-state index is 11.5. The van der Waals surface area contributed by atoms with Gasteiger partial charge in [-0.25, -0.2) is 12.7 Å². The number of nitrogens with one attached hydrogen (secondary N) is 1. The third-order valence-corrected chi connectivity index (χ3v) is 4.48. The predicted molar refractivity (Wildman–Crippen MR) is 57.7 cm³/mol. The highest BCUT2D eigenvalue weighted by Gasteiger charge is 2.32. The number of hydrogen-bond acceptors (Lipinski definition) is 3. The molecule has 1 rings (SSSR count). The van der Waals surface area contributed by atoms with E-state index in [0.29, 0.717) is 18.8 Å². The zero-order valence-corrected chi connectivity index (χ0v) is 9.81. The first-order valence-corrected chi connectivity index (χ1v) is 6.85. The van der Waals surface area contributed by atoms with Gasteiger partial charge in [0.1, 0.15) is 0 Å². The van der Waals surface area contributed by atoms with Crippen molar-refractivity contribution in [2.75, 3.05) is 31.9 Å². The number of hydrogen-bond donors (Lipinski definition) is 1. The lowest BCUT2D eigenvalue weighted by Gasteiger charge is -2.14. The highest BCUT2D eigenvalue weighted by atomic mass is 32.2. The molecule has 1 heterocycles. The Bertz CT molecular complexity index is 264. The van der Waals surface area contributed by atoms with Crippen molar-refractivity contribution in [3.63, 3.8) is 0 Å². The first-order chi connectivity index (χ1) is 6.56. The second-order valence-electron chi connectivity index (χ2n) is 3.99. The van der Waals surface area contributed by atoms with Crippen LogP contribution in [0.1, 0.15) is 20.3 Å². The zero-order chi connectivity index (χ0) is 10.6. The molecule has 0 spiro atoms. The molecule has 0 amide bonds. The lowest BCUT2D eigenvalue weighted by atomic mass is 10.2. The third kappa shape index (κ3) is 3.22. The predicted octanol–water partition coefficient (Wildman–Crippen LogP) is 0.267. The molecule has 4 nitrogen and oxygen atoms in total. The first-order valence-electron chi connectivity index (χ1n) is 5.25. The quantitative estimate of drug-likeness (QED) is 0.677. The van der Waals surface area contributed by atoms with Gasteiger partial charge in [0, 0.05) is 19.6 Å². The highest BCUT2D eigenvalue weighted by molar-refractivity contribution is 7.89. The summed E-state index contributed by atoms with van der Waals surface area (Å²) in [7, 11) is -2.93. The molecule has 0 aromatic heterocycles. The van der Waals surface area contributed by atoms with Crippen molar-refractivity contribution in [2.45, 2.75) is 20.3 Å². The van der Waals surface area contributed by atoms with Crippen molar-refractivity contribution in [3.05, 3.63) is 0 Å². The van der Waals surface area contributed by atoms with E-state index in [1.54, 1.807) is 4.31 Å². The van der Waals surface area contributed by atoms with E-state index in [2.05, 4.69) is 12.2 Å². The summed E-state index contributed by atoms with van der Waals surface area (Å²) in [6.45, 7) is 7.12. The van der Waals surface area contributed by atoms with E-state index in [4.69, 9.17) is 0 Å². The summed E-state index contributed by atoms with van der Waals surface area (Å²) in [5, 5.41) is 3.21. The van der Waals surface area contributed by atoms with Gasteiger partial charge in [0.15, 0.2) is 0 Å². The van der Waals surface area contributed by atoms with Crippen LogP contribution >= 0.6 is 0 Å². The molecule has 5 heteroatoms. The molecule has 0 bridgehead atoms. The molecule has 1 atom stereocenters. The minimum atomic E-state index is -2.93. The van der Waals surface area contributed by atoms with E-state index < -0.39 is 10.0 Å². The molecule has 84 valence electrons. The zero-order valence-electron chi connectivity index (χ0n) is 8.99.